The molecule has 0 bridgehead atoms. The van der Waals surface area contributed by atoms with Crippen LogP contribution in [0.25, 0.3) is 6.08 Å². The zero-order chi connectivity index (χ0) is 17.0. The average Bonchev–Trinajstić information content (AvgIpc) is 2.51. The molecule has 1 aromatic carbocycles. The van der Waals surface area contributed by atoms with Crippen molar-refractivity contribution in [2.75, 3.05) is 14.2 Å². The normalized spacial score (nSPS) is 17.7. The molecule has 0 aromatic heterocycles. The number of hydrogen-bond donors (Lipinski definition) is 0. The van der Waals surface area contributed by atoms with E-state index in [1.165, 1.54) is 33.3 Å². The largest absolute Gasteiger partial charge is 0.497 e. The van der Waals surface area contributed by atoms with Gasteiger partial charge in [0.2, 0.25) is 0 Å². The Morgan fingerprint density at radius 3 is 2.26 bits per heavy atom. The number of cyclic esters (lactones) is 1. The molecule has 0 aliphatic carbocycles. The van der Waals surface area contributed by atoms with Gasteiger partial charge in [-0.1, -0.05) is 6.08 Å². The lowest BCUT2D eigenvalue weighted by Crippen LogP contribution is -2.34. The zero-order valence-electron chi connectivity index (χ0n) is 13.0. The van der Waals surface area contributed by atoms with E-state index < -0.39 is 23.5 Å². The second-order valence-corrected chi connectivity index (χ2v) is 4.89. The van der Waals surface area contributed by atoms with Gasteiger partial charge in [-0.3, -0.25) is 14.4 Å². The van der Waals surface area contributed by atoms with Gasteiger partial charge in [-0.15, -0.1) is 0 Å². The molecule has 0 fully saturated rings. The third-order valence-corrected chi connectivity index (χ3v) is 3.23. The van der Waals surface area contributed by atoms with Crippen molar-refractivity contribution in [2.45, 2.75) is 6.92 Å². The number of esters is 1. The summed E-state index contributed by atoms with van der Waals surface area (Å²) in [6, 6.07) is 5.07. The van der Waals surface area contributed by atoms with Crippen LogP contribution in [0.1, 0.15) is 12.5 Å². The molecule has 2 rings (SSSR count). The van der Waals surface area contributed by atoms with Gasteiger partial charge in [-0.05, 0) is 30.7 Å². The first kappa shape index (κ1) is 16.5. The number of carbonyl (C=O) groups is 3. The predicted octanol–water partition coefficient (Wildman–Crippen LogP) is 1.93. The van der Waals surface area contributed by atoms with Gasteiger partial charge in [0.05, 0.1) is 14.2 Å². The van der Waals surface area contributed by atoms with E-state index in [1.54, 1.807) is 18.2 Å². The number of carbonyl (C=O) groups excluding carboxylic acids is 3. The number of allylic oxidation sites excluding steroid dienone is 3. The van der Waals surface area contributed by atoms with Gasteiger partial charge in [0, 0.05) is 12.1 Å². The van der Waals surface area contributed by atoms with Crippen LogP contribution in [0.15, 0.2) is 36.1 Å². The summed E-state index contributed by atoms with van der Waals surface area (Å²) in [6.07, 6.45) is 3.80. The highest BCUT2D eigenvalue weighted by Crippen LogP contribution is 2.23. The first-order chi connectivity index (χ1) is 10.9. The third kappa shape index (κ3) is 3.85. The van der Waals surface area contributed by atoms with Crippen LogP contribution in [-0.2, 0) is 19.1 Å². The Bertz CT molecular complexity index is 692. The van der Waals surface area contributed by atoms with E-state index in [4.69, 9.17) is 14.2 Å². The molecule has 1 aliphatic heterocycles. The van der Waals surface area contributed by atoms with Crippen molar-refractivity contribution in [2.24, 2.45) is 5.92 Å². The van der Waals surface area contributed by atoms with E-state index in [-0.39, 0.29) is 5.76 Å². The third-order valence-electron chi connectivity index (χ3n) is 3.23. The molecule has 0 radical (unpaired) electrons. The van der Waals surface area contributed by atoms with Gasteiger partial charge in [-0.25, -0.2) is 0 Å². The number of ether oxygens (including phenoxy) is 3. The van der Waals surface area contributed by atoms with Crippen LogP contribution in [0, 0.1) is 5.92 Å². The molecule has 120 valence electrons. The number of benzene rings is 1. The Labute approximate surface area is 133 Å². The maximum atomic E-state index is 12.1. The van der Waals surface area contributed by atoms with Crippen LogP contribution in [0.5, 0.6) is 11.5 Å². The summed E-state index contributed by atoms with van der Waals surface area (Å²) in [5, 5.41) is 0. The fourth-order valence-corrected chi connectivity index (χ4v) is 2.10. The van der Waals surface area contributed by atoms with E-state index in [1.807, 2.05) is 0 Å². The van der Waals surface area contributed by atoms with Crippen molar-refractivity contribution in [3.8, 4) is 11.5 Å². The molecule has 0 spiro atoms. The Morgan fingerprint density at radius 1 is 1.13 bits per heavy atom. The maximum absolute atomic E-state index is 12.1. The predicted molar refractivity (Wildman–Crippen MR) is 81.9 cm³/mol. The molecule has 6 nitrogen and oxygen atoms in total. The highest BCUT2D eigenvalue weighted by atomic mass is 16.5. The van der Waals surface area contributed by atoms with Crippen LogP contribution in [-0.4, -0.2) is 31.8 Å². The summed E-state index contributed by atoms with van der Waals surface area (Å²) in [4.78, 5) is 35.6. The number of methoxy groups -OCH3 is 2. The Kier molecular flexibility index (Phi) is 4.95. The lowest BCUT2D eigenvalue weighted by atomic mass is 9.96. The fraction of sp³-hybridized carbons (Fsp3) is 0.235. The van der Waals surface area contributed by atoms with E-state index in [0.717, 1.165) is 6.08 Å². The summed E-state index contributed by atoms with van der Waals surface area (Å²) in [5.74, 6) is -2.20. The molecule has 0 unspecified atom stereocenters. The van der Waals surface area contributed by atoms with Crippen molar-refractivity contribution >= 4 is 23.6 Å². The summed E-state index contributed by atoms with van der Waals surface area (Å²) in [5.41, 5.74) is 0.637. The van der Waals surface area contributed by atoms with Crippen LogP contribution < -0.4 is 9.47 Å². The van der Waals surface area contributed by atoms with Crippen molar-refractivity contribution in [1.82, 2.24) is 0 Å². The molecule has 0 amide bonds. The van der Waals surface area contributed by atoms with Crippen LogP contribution >= 0.6 is 0 Å². The van der Waals surface area contributed by atoms with Crippen molar-refractivity contribution in [3.05, 3.63) is 41.7 Å². The fourth-order valence-electron chi connectivity index (χ4n) is 2.10. The number of hydrogen-bond acceptors (Lipinski definition) is 6. The summed E-state index contributed by atoms with van der Waals surface area (Å²) >= 11 is 0. The molecule has 6 heteroatoms. The van der Waals surface area contributed by atoms with Crippen molar-refractivity contribution in [3.63, 3.8) is 0 Å². The molecule has 0 saturated heterocycles. The summed E-state index contributed by atoms with van der Waals surface area (Å²) in [7, 11) is 3.03. The second-order valence-electron chi connectivity index (χ2n) is 4.89. The van der Waals surface area contributed by atoms with Crippen LogP contribution in [0.2, 0.25) is 0 Å². The monoisotopic (exact) mass is 316 g/mol. The lowest BCUT2D eigenvalue weighted by molar-refractivity contribution is -0.151. The van der Waals surface area contributed by atoms with E-state index in [0.29, 0.717) is 17.1 Å². The maximum Gasteiger partial charge on any atom is 0.329 e. The molecule has 1 aromatic rings. The number of rotatable bonds is 5. The minimum absolute atomic E-state index is 0.186. The van der Waals surface area contributed by atoms with Gasteiger partial charge in [-0.2, -0.15) is 0 Å². The van der Waals surface area contributed by atoms with Crippen LogP contribution in [0.3, 0.4) is 0 Å². The molecular weight excluding hydrogens is 300 g/mol. The molecule has 1 aliphatic rings. The average molecular weight is 316 g/mol. The topological polar surface area (TPSA) is 78.9 Å². The summed E-state index contributed by atoms with van der Waals surface area (Å²) < 4.78 is 15.1. The first-order valence-corrected chi connectivity index (χ1v) is 6.83. The lowest BCUT2D eigenvalue weighted by Gasteiger charge is -2.15. The zero-order valence-corrected chi connectivity index (χ0v) is 13.0. The first-order valence-electron chi connectivity index (χ1n) is 6.83. The van der Waals surface area contributed by atoms with E-state index in [2.05, 4.69) is 0 Å². The smallest absolute Gasteiger partial charge is 0.329 e. The molecule has 1 atom stereocenters. The van der Waals surface area contributed by atoms with E-state index >= 15 is 0 Å². The Balaban J connectivity index is 2.21. The quantitative estimate of drug-likeness (QED) is 0.469. The standard InChI is InChI=1S/C17H16O6/c1-10-6-15(19)16(17(20)23-10)14(18)5-4-11-7-12(21-2)9-13(8-11)22-3/h4-9,16H,1-3H3/b5-4-/t16-/m0/s1. The molecule has 1 heterocycles. The van der Waals surface area contributed by atoms with Gasteiger partial charge in [0.25, 0.3) is 0 Å². The van der Waals surface area contributed by atoms with Gasteiger partial charge in [0.15, 0.2) is 17.5 Å². The minimum Gasteiger partial charge on any atom is -0.497 e. The van der Waals surface area contributed by atoms with Crippen LogP contribution in [0.4, 0.5) is 0 Å². The molecular formula is C17H16O6. The SMILES string of the molecule is COc1cc(/C=C\C(=O)[C@H]2C(=O)C=C(C)OC2=O)cc(OC)c1. The molecule has 0 saturated carbocycles. The van der Waals surface area contributed by atoms with Crippen molar-refractivity contribution < 1.29 is 28.6 Å². The Hall–Kier alpha value is -2.89. The molecule has 23 heavy (non-hydrogen) atoms. The van der Waals surface area contributed by atoms with Gasteiger partial charge < -0.3 is 14.2 Å². The summed E-state index contributed by atoms with van der Waals surface area (Å²) in [6.45, 7) is 1.48. The number of ketones is 2. The molecule has 0 N–H and O–H groups in total. The minimum atomic E-state index is -1.44. The highest BCUT2D eigenvalue weighted by molar-refractivity contribution is 6.25. The van der Waals surface area contributed by atoms with Gasteiger partial charge in [0.1, 0.15) is 17.3 Å². The Morgan fingerprint density at radius 2 is 1.74 bits per heavy atom. The van der Waals surface area contributed by atoms with E-state index in [9.17, 15) is 14.4 Å². The van der Waals surface area contributed by atoms with Gasteiger partial charge >= 0.3 is 5.97 Å². The highest BCUT2D eigenvalue weighted by Gasteiger charge is 2.36. The second kappa shape index (κ2) is 6.91. The van der Waals surface area contributed by atoms with Crippen molar-refractivity contribution in [1.29, 1.82) is 0 Å².